The van der Waals surface area contributed by atoms with Crippen molar-refractivity contribution in [3.8, 4) is 0 Å². The first-order chi connectivity index (χ1) is 17.5. The largest absolute Gasteiger partial charge is 0.366 e. The highest BCUT2D eigenvalue weighted by Crippen LogP contribution is 2.45. The van der Waals surface area contributed by atoms with Crippen LogP contribution in [0.5, 0.6) is 0 Å². The smallest absolute Gasteiger partial charge is 0.241 e. The van der Waals surface area contributed by atoms with E-state index in [1.165, 1.54) is 23.6 Å². The number of primary amides is 1. The standard InChI is InChI=1S/C30H27ClFN3O/c31-17-18-35-26-15-14-24(19-25(26)30(32)34-35)29(23-12-9-20(10-13-23)11-16-27(33)36)28(22-7-4-8-22)21-5-2-1-3-6-21/h1-3,5-6,9-16,19,22H,4,7-8,17-18H2,(H2,33,36)/b16-11+,29-28-. The van der Waals surface area contributed by atoms with Gasteiger partial charge < -0.3 is 5.73 Å². The number of rotatable bonds is 8. The Morgan fingerprint density at radius 1 is 1.03 bits per heavy atom. The molecule has 2 N–H and O–H groups in total. The Bertz CT molecular complexity index is 1450. The van der Waals surface area contributed by atoms with Gasteiger partial charge in [-0.25, -0.2) is 0 Å². The van der Waals surface area contributed by atoms with Gasteiger partial charge in [-0.3, -0.25) is 9.48 Å². The second-order valence-corrected chi connectivity index (χ2v) is 9.45. The predicted molar refractivity (Wildman–Crippen MR) is 145 cm³/mol. The van der Waals surface area contributed by atoms with Gasteiger partial charge >= 0.3 is 0 Å². The molecule has 0 bridgehead atoms. The van der Waals surface area contributed by atoms with Crippen LogP contribution in [0.3, 0.4) is 0 Å². The number of halogens is 2. The van der Waals surface area contributed by atoms with Gasteiger partial charge in [0.05, 0.1) is 17.4 Å². The fourth-order valence-corrected chi connectivity index (χ4v) is 5.02. The molecule has 182 valence electrons. The average molecular weight is 500 g/mol. The fraction of sp³-hybridized carbons (Fsp3) is 0.200. The van der Waals surface area contributed by atoms with E-state index in [2.05, 4.69) is 41.5 Å². The van der Waals surface area contributed by atoms with E-state index in [4.69, 9.17) is 17.3 Å². The summed E-state index contributed by atoms with van der Waals surface area (Å²) in [6, 6.07) is 24.4. The van der Waals surface area contributed by atoms with Gasteiger partial charge in [-0.1, -0.05) is 67.1 Å². The summed E-state index contributed by atoms with van der Waals surface area (Å²) in [4.78, 5) is 11.2. The summed E-state index contributed by atoms with van der Waals surface area (Å²) < 4.78 is 16.5. The van der Waals surface area contributed by atoms with E-state index >= 15 is 0 Å². The zero-order valence-electron chi connectivity index (χ0n) is 19.8. The quantitative estimate of drug-likeness (QED) is 0.167. The molecule has 0 unspecified atom stereocenters. The van der Waals surface area contributed by atoms with Gasteiger partial charge in [0.25, 0.3) is 0 Å². The maximum absolute atomic E-state index is 14.9. The summed E-state index contributed by atoms with van der Waals surface area (Å²) in [5.74, 6) is -0.190. The van der Waals surface area contributed by atoms with E-state index in [0.29, 0.717) is 23.7 Å². The van der Waals surface area contributed by atoms with Crippen LogP contribution >= 0.6 is 11.6 Å². The van der Waals surface area contributed by atoms with Crippen LogP contribution in [-0.4, -0.2) is 21.6 Å². The first kappa shape index (κ1) is 24.0. The molecule has 4 aromatic rings. The number of nitrogens with zero attached hydrogens (tertiary/aromatic N) is 2. The van der Waals surface area contributed by atoms with E-state index in [1.807, 2.05) is 36.4 Å². The molecule has 36 heavy (non-hydrogen) atoms. The molecule has 1 amide bonds. The number of hydrogen-bond acceptors (Lipinski definition) is 2. The molecule has 1 saturated carbocycles. The number of fused-ring (bicyclic) bond motifs is 1. The second-order valence-electron chi connectivity index (χ2n) is 9.08. The van der Waals surface area contributed by atoms with Gasteiger partial charge in [-0.15, -0.1) is 16.7 Å². The Morgan fingerprint density at radius 3 is 2.39 bits per heavy atom. The van der Waals surface area contributed by atoms with Crippen LogP contribution in [0.4, 0.5) is 4.39 Å². The van der Waals surface area contributed by atoms with Gasteiger partial charge in [0.1, 0.15) is 0 Å². The Morgan fingerprint density at radius 2 is 1.75 bits per heavy atom. The van der Waals surface area contributed by atoms with Crippen molar-refractivity contribution in [1.82, 2.24) is 9.78 Å². The van der Waals surface area contributed by atoms with Crippen LogP contribution in [0.15, 0.2) is 78.9 Å². The van der Waals surface area contributed by atoms with Gasteiger partial charge in [-0.05, 0) is 70.4 Å². The molecule has 6 heteroatoms. The Hall–Kier alpha value is -3.70. The van der Waals surface area contributed by atoms with E-state index in [0.717, 1.165) is 40.6 Å². The monoisotopic (exact) mass is 499 g/mol. The molecule has 1 aliphatic carbocycles. The number of benzene rings is 3. The molecule has 1 aromatic heterocycles. The molecule has 5 rings (SSSR count). The summed E-state index contributed by atoms with van der Waals surface area (Å²) in [6.07, 6.45) is 6.50. The number of nitrogens with two attached hydrogens (primary N) is 1. The maximum Gasteiger partial charge on any atom is 0.241 e. The molecule has 3 aromatic carbocycles. The first-order valence-electron chi connectivity index (χ1n) is 12.1. The highest BCUT2D eigenvalue weighted by Gasteiger charge is 2.27. The minimum absolute atomic E-state index is 0.361. The van der Waals surface area contributed by atoms with Crippen molar-refractivity contribution in [2.75, 3.05) is 5.88 Å². The minimum Gasteiger partial charge on any atom is -0.366 e. The number of alkyl halides is 1. The zero-order chi connectivity index (χ0) is 25.1. The van der Waals surface area contributed by atoms with Crippen LogP contribution in [0.25, 0.3) is 28.1 Å². The predicted octanol–water partition coefficient (Wildman–Crippen LogP) is 6.67. The maximum atomic E-state index is 14.9. The van der Waals surface area contributed by atoms with E-state index in [-0.39, 0.29) is 0 Å². The van der Waals surface area contributed by atoms with Crippen molar-refractivity contribution in [2.45, 2.75) is 25.8 Å². The molecule has 1 aliphatic rings. The van der Waals surface area contributed by atoms with E-state index in [1.54, 1.807) is 10.8 Å². The molecule has 0 saturated heterocycles. The number of carbonyl (C=O) groups is 1. The molecule has 0 radical (unpaired) electrons. The van der Waals surface area contributed by atoms with Crippen molar-refractivity contribution >= 4 is 45.6 Å². The van der Waals surface area contributed by atoms with Crippen molar-refractivity contribution in [3.63, 3.8) is 0 Å². The van der Waals surface area contributed by atoms with Crippen LogP contribution in [0.2, 0.25) is 0 Å². The SMILES string of the molecule is NC(=O)/C=C/c1ccc(/C(=C(\c2ccccc2)C2CCC2)c2ccc3c(c2)c(F)nn3CCCl)cc1. The Balaban J connectivity index is 1.72. The molecular formula is C30H27ClFN3O. The van der Waals surface area contributed by atoms with Gasteiger partial charge in [-0.2, -0.15) is 4.39 Å². The van der Waals surface area contributed by atoms with Gasteiger partial charge in [0.2, 0.25) is 11.9 Å². The van der Waals surface area contributed by atoms with Crippen LogP contribution < -0.4 is 5.73 Å². The number of amides is 1. The summed E-state index contributed by atoms with van der Waals surface area (Å²) in [5, 5.41) is 4.55. The Kier molecular flexibility index (Phi) is 7.01. The minimum atomic E-state index is -0.492. The lowest BCUT2D eigenvalue weighted by Gasteiger charge is -2.31. The van der Waals surface area contributed by atoms with Crippen molar-refractivity contribution < 1.29 is 9.18 Å². The van der Waals surface area contributed by atoms with E-state index < -0.39 is 11.9 Å². The fourth-order valence-electron chi connectivity index (χ4n) is 4.86. The highest BCUT2D eigenvalue weighted by molar-refractivity contribution is 6.17. The number of aryl methyl sites for hydroxylation is 1. The van der Waals surface area contributed by atoms with E-state index in [9.17, 15) is 9.18 Å². The van der Waals surface area contributed by atoms with Crippen molar-refractivity contribution in [1.29, 1.82) is 0 Å². The second kappa shape index (κ2) is 10.5. The zero-order valence-corrected chi connectivity index (χ0v) is 20.6. The van der Waals surface area contributed by atoms with Crippen molar-refractivity contribution in [2.24, 2.45) is 11.7 Å². The summed E-state index contributed by atoms with van der Waals surface area (Å²) in [5.41, 5.74) is 12.4. The lowest BCUT2D eigenvalue weighted by Crippen LogP contribution is -2.15. The molecule has 0 spiro atoms. The molecule has 0 atom stereocenters. The number of hydrogen-bond donors (Lipinski definition) is 1. The van der Waals surface area contributed by atoms with Crippen LogP contribution in [0.1, 0.15) is 41.5 Å². The number of allylic oxidation sites excluding steroid dienone is 1. The van der Waals surface area contributed by atoms with Crippen molar-refractivity contribution in [3.05, 3.63) is 107 Å². The Labute approximate surface area is 214 Å². The topological polar surface area (TPSA) is 60.9 Å². The summed E-state index contributed by atoms with van der Waals surface area (Å²) >= 11 is 5.91. The summed E-state index contributed by atoms with van der Waals surface area (Å²) in [6.45, 7) is 0.446. The van der Waals surface area contributed by atoms with Gasteiger partial charge in [0.15, 0.2) is 0 Å². The third-order valence-electron chi connectivity index (χ3n) is 6.80. The van der Waals surface area contributed by atoms with Gasteiger partial charge in [0, 0.05) is 12.0 Å². The molecule has 0 aliphatic heterocycles. The lowest BCUT2D eigenvalue weighted by molar-refractivity contribution is -0.113. The molecule has 1 heterocycles. The third kappa shape index (κ3) is 4.84. The number of carbonyl (C=O) groups excluding carboxylic acids is 1. The highest BCUT2D eigenvalue weighted by atomic mass is 35.5. The van der Waals surface area contributed by atoms with Crippen LogP contribution in [0, 0.1) is 11.9 Å². The summed E-state index contributed by atoms with van der Waals surface area (Å²) in [7, 11) is 0. The molecule has 1 fully saturated rings. The normalized spacial score (nSPS) is 14.7. The van der Waals surface area contributed by atoms with Crippen LogP contribution in [-0.2, 0) is 11.3 Å². The lowest BCUT2D eigenvalue weighted by atomic mass is 9.73. The number of aromatic nitrogens is 2. The molecular weight excluding hydrogens is 473 g/mol. The third-order valence-corrected chi connectivity index (χ3v) is 6.97. The molecule has 4 nitrogen and oxygen atoms in total. The first-order valence-corrected chi connectivity index (χ1v) is 12.7. The average Bonchev–Trinajstić information content (AvgIpc) is 3.17.